The molecule has 6 rings (SSSR count). The van der Waals surface area contributed by atoms with Crippen molar-refractivity contribution in [3.05, 3.63) is 88.8 Å². The van der Waals surface area contributed by atoms with E-state index in [4.69, 9.17) is 10.3 Å². The molecule has 6 nitrogen and oxygen atoms in total. The average Bonchev–Trinajstić information content (AvgIpc) is 3.38. The number of primary amides is 1. The molecule has 39 heavy (non-hydrogen) atoms. The van der Waals surface area contributed by atoms with Crippen molar-refractivity contribution in [3.63, 3.8) is 0 Å². The quantitative estimate of drug-likeness (QED) is 0.253. The van der Waals surface area contributed by atoms with Gasteiger partial charge in [0.15, 0.2) is 0 Å². The van der Waals surface area contributed by atoms with Gasteiger partial charge < -0.3 is 19.9 Å². The summed E-state index contributed by atoms with van der Waals surface area (Å²) in [7, 11) is 0. The fourth-order valence-corrected chi connectivity index (χ4v) is 6.17. The molecule has 2 aromatic heterocycles. The van der Waals surface area contributed by atoms with E-state index in [1.54, 1.807) is 19.9 Å². The molecule has 1 aliphatic rings. The van der Waals surface area contributed by atoms with Crippen LogP contribution >= 0.6 is 0 Å². The summed E-state index contributed by atoms with van der Waals surface area (Å²) in [6, 6.07) is 18.4. The maximum Gasteiger partial charge on any atom is 0.249 e. The Kier molecular flexibility index (Phi) is 5.70. The van der Waals surface area contributed by atoms with E-state index in [0.717, 1.165) is 34.0 Å². The summed E-state index contributed by atoms with van der Waals surface area (Å²) in [5, 5.41) is 16.4. The molecule has 1 amide bonds. The molecule has 3 N–H and O–H groups in total. The zero-order valence-corrected chi connectivity index (χ0v) is 22.6. The fraction of sp³-hybridized carbons (Fsp3) is 0.312. The summed E-state index contributed by atoms with van der Waals surface area (Å²) in [6.07, 6.45) is 1.68. The van der Waals surface area contributed by atoms with Crippen LogP contribution < -0.4 is 5.73 Å². The van der Waals surface area contributed by atoms with Gasteiger partial charge in [-0.25, -0.2) is 4.39 Å². The van der Waals surface area contributed by atoms with Gasteiger partial charge in [0.05, 0.1) is 28.4 Å². The van der Waals surface area contributed by atoms with Gasteiger partial charge >= 0.3 is 0 Å². The molecular formula is C32H32FN3O3. The molecule has 1 aliphatic carbocycles. The summed E-state index contributed by atoms with van der Waals surface area (Å²) in [5.74, 6) is 0.0453. The number of nitrogens with two attached hydrogens (primary N) is 1. The van der Waals surface area contributed by atoms with Crippen molar-refractivity contribution in [2.75, 3.05) is 0 Å². The lowest BCUT2D eigenvalue weighted by Gasteiger charge is -2.42. The summed E-state index contributed by atoms with van der Waals surface area (Å²) < 4.78 is 24.2. The summed E-state index contributed by atoms with van der Waals surface area (Å²) in [4.78, 5) is 12.9. The van der Waals surface area contributed by atoms with Crippen molar-refractivity contribution < 1.29 is 18.8 Å². The lowest BCUT2D eigenvalue weighted by Crippen LogP contribution is -2.42. The van der Waals surface area contributed by atoms with Crippen molar-refractivity contribution in [1.82, 2.24) is 9.72 Å². The normalized spacial score (nSPS) is 15.9. The van der Waals surface area contributed by atoms with E-state index < -0.39 is 23.2 Å². The van der Waals surface area contributed by atoms with Crippen LogP contribution in [0.4, 0.5) is 4.39 Å². The molecule has 0 aliphatic heterocycles. The zero-order valence-electron chi connectivity index (χ0n) is 22.6. The number of hydrogen-bond donors (Lipinski definition) is 2. The topological polar surface area (TPSA) is 94.3 Å². The first-order chi connectivity index (χ1) is 18.5. The molecule has 200 valence electrons. The number of aryl methyl sites for hydroxylation is 2. The van der Waals surface area contributed by atoms with Gasteiger partial charge in [-0.15, -0.1) is 0 Å². The molecule has 7 heteroatoms. The van der Waals surface area contributed by atoms with Gasteiger partial charge in [0.1, 0.15) is 11.4 Å². The van der Waals surface area contributed by atoms with Gasteiger partial charge in [0.2, 0.25) is 5.91 Å². The van der Waals surface area contributed by atoms with Crippen molar-refractivity contribution in [2.45, 2.75) is 64.3 Å². The van der Waals surface area contributed by atoms with Gasteiger partial charge in [-0.05, 0) is 81.8 Å². The Bertz CT molecular complexity index is 1720. The van der Waals surface area contributed by atoms with Crippen molar-refractivity contribution in [2.24, 2.45) is 5.73 Å². The van der Waals surface area contributed by atoms with Crippen LogP contribution in [0.2, 0.25) is 0 Å². The van der Waals surface area contributed by atoms with Crippen molar-refractivity contribution in [3.8, 4) is 11.1 Å². The standard InChI is InChI=1S/C32H32FN3O3/c1-18-27(19(2)39-35-18)21-15-24(30(34)37)28-23-12-11-22(31(3,4)38)17-25(23)36(26(28)16-21)29(32(33)13-8-14-32)20-9-6-5-7-10-20/h5-7,9-12,15-17,29,38H,8,13-14H2,1-4H3,(H2,34,37). The Morgan fingerprint density at radius 2 is 1.82 bits per heavy atom. The first kappa shape index (κ1) is 25.3. The molecule has 0 radical (unpaired) electrons. The monoisotopic (exact) mass is 525 g/mol. The SMILES string of the molecule is Cc1noc(C)c1-c1cc(C(N)=O)c2c3ccc(C(C)(C)O)cc3n(C(c3ccccc3)C3(F)CCC3)c2c1. The second-order valence-corrected chi connectivity index (χ2v) is 11.3. The predicted octanol–water partition coefficient (Wildman–Crippen LogP) is 6.87. The minimum absolute atomic E-state index is 0.343. The van der Waals surface area contributed by atoms with Crippen molar-refractivity contribution in [1.29, 1.82) is 0 Å². The van der Waals surface area contributed by atoms with Gasteiger partial charge in [0, 0.05) is 21.9 Å². The number of amides is 1. The number of hydrogen-bond acceptors (Lipinski definition) is 4. The van der Waals surface area contributed by atoms with Crippen LogP contribution in [-0.2, 0) is 5.60 Å². The maximum atomic E-state index is 16.8. The molecule has 5 aromatic rings. The zero-order chi connectivity index (χ0) is 27.7. The molecule has 1 fully saturated rings. The van der Waals surface area contributed by atoms with Crippen LogP contribution in [0.15, 0.2) is 65.2 Å². The molecule has 0 spiro atoms. The molecule has 1 unspecified atom stereocenters. The number of rotatable bonds is 6. The molecule has 0 bridgehead atoms. The van der Waals surface area contributed by atoms with E-state index in [2.05, 4.69) is 5.16 Å². The second-order valence-electron chi connectivity index (χ2n) is 11.3. The van der Waals surface area contributed by atoms with Gasteiger partial charge in [-0.3, -0.25) is 4.79 Å². The third-order valence-corrected chi connectivity index (χ3v) is 8.25. The lowest BCUT2D eigenvalue weighted by molar-refractivity contribution is 0.0242. The number of carbonyl (C=O) groups excluding carboxylic acids is 1. The highest BCUT2D eigenvalue weighted by Crippen LogP contribution is 2.51. The average molecular weight is 526 g/mol. The highest BCUT2D eigenvalue weighted by Gasteiger charge is 2.47. The Labute approximate surface area is 226 Å². The Balaban J connectivity index is 1.80. The Morgan fingerprint density at radius 3 is 2.38 bits per heavy atom. The number of carbonyl (C=O) groups is 1. The van der Waals surface area contributed by atoms with Gasteiger partial charge in [-0.1, -0.05) is 47.6 Å². The molecule has 2 heterocycles. The first-order valence-electron chi connectivity index (χ1n) is 13.3. The van der Waals surface area contributed by atoms with Crippen LogP contribution in [0.3, 0.4) is 0 Å². The summed E-state index contributed by atoms with van der Waals surface area (Å²) in [5.41, 5.74) is 8.91. The van der Waals surface area contributed by atoms with Gasteiger partial charge in [-0.2, -0.15) is 0 Å². The number of benzene rings is 3. The van der Waals surface area contributed by atoms with E-state index in [-0.39, 0.29) is 0 Å². The largest absolute Gasteiger partial charge is 0.386 e. The minimum atomic E-state index is -1.48. The maximum absolute atomic E-state index is 16.8. The minimum Gasteiger partial charge on any atom is -0.386 e. The van der Waals surface area contributed by atoms with E-state index >= 15 is 4.39 Å². The van der Waals surface area contributed by atoms with E-state index in [1.165, 1.54) is 0 Å². The van der Waals surface area contributed by atoms with Crippen LogP contribution in [0.25, 0.3) is 32.9 Å². The predicted molar refractivity (Wildman–Crippen MR) is 150 cm³/mol. The number of alkyl halides is 1. The summed E-state index contributed by atoms with van der Waals surface area (Å²) >= 11 is 0. The van der Waals surface area contributed by atoms with E-state index in [1.807, 2.05) is 73.0 Å². The molecule has 3 aromatic carbocycles. The van der Waals surface area contributed by atoms with Crippen LogP contribution in [0.1, 0.15) is 72.1 Å². The lowest BCUT2D eigenvalue weighted by atomic mass is 9.73. The smallest absolute Gasteiger partial charge is 0.249 e. The molecular weight excluding hydrogens is 493 g/mol. The Hall–Kier alpha value is -3.97. The van der Waals surface area contributed by atoms with Crippen molar-refractivity contribution >= 4 is 27.7 Å². The molecule has 1 atom stereocenters. The highest BCUT2D eigenvalue weighted by atomic mass is 19.1. The third-order valence-electron chi connectivity index (χ3n) is 8.25. The summed E-state index contributed by atoms with van der Waals surface area (Å²) in [6.45, 7) is 7.13. The van der Waals surface area contributed by atoms with E-state index in [9.17, 15) is 9.90 Å². The molecule has 0 saturated heterocycles. The molecule has 1 saturated carbocycles. The highest BCUT2D eigenvalue weighted by molar-refractivity contribution is 6.19. The van der Waals surface area contributed by atoms with Crippen LogP contribution in [-0.4, -0.2) is 26.4 Å². The number of aromatic nitrogens is 2. The fourth-order valence-electron chi connectivity index (χ4n) is 6.17. The van der Waals surface area contributed by atoms with E-state index in [0.29, 0.717) is 46.3 Å². The number of fused-ring (bicyclic) bond motifs is 3. The number of aliphatic hydroxyl groups is 1. The number of halogens is 1. The van der Waals surface area contributed by atoms with Crippen LogP contribution in [0.5, 0.6) is 0 Å². The van der Waals surface area contributed by atoms with Gasteiger partial charge in [0.25, 0.3) is 0 Å². The Morgan fingerprint density at radius 1 is 1.10 bits per heavy atom. The number of nitrogens with zero attached hydrogens (tertiary/aromatic N) is 2. The first-order valence-corrected chi connectivity index (χ1v) is 13.3. The van der Waals surface area contributed by atoms with Crippen LogP contribution in [0, 0.1) is 13.8 Å². The second kappa shape index (κ2) is 8.78. The third kappa shape index (κ3) is 3.95.